The van der Waals surface area contributed by atoms with E-state index in [0.717, 1.165) is 6.54 Å². The van der Waals surface area contributed by atoms with E-state index in [0.29, 0.717) is 12.5 Å². The summed E-state index contributed by atoms with van der Waals surface area (Å²) in [6.07, 6.45) is 2.18. The first-order valence-electron chi connectivity index (χ1n) is 4.31. The monoisotopic (exact) mass is 255 g/mol. The maximum atomic E-state index is 12.5. The van der Waals surface area contributed by atoms with Gasteiger partial charge in [0.1, 0.15) is 0 Å². The predicted molar refractivity (Wildman–Crippen MR) is 55.4 cm³/mol. The molecule has 4 heteroatoms. The molecule has 1 nitrogen and oxygen atoms in total. The van der Waals surface area contributed by atoms with E-state index in [1.165, 1.54) is 6.92 Å². The highest BCUT2D eigenvalue weighted by molar-refractivity contribution is 9.10. The summed E-state index contributed by atoms with van der Waals surface area (Å²) in [4.78, 5) is -2.86. The van der Waals surface area contributed by atoms with Gasteiger partial charge in [0.05, 0.1) is 0 Å². The van der Waals surface area contributed by atoms with Gasteiger partial charge >= 0.3 is 4.83 Å². The molecule has 0 aromatic heterocycles. The lowest BCUT2D eigenvalue weighted by atomic mass is 10.2. The quantitative estimate of drug-likeness (QED) is 0.452. The van der Waals surface area contributed by atoms with Crippen LogP contribution in [0.3, 0.4) is 0 Å². The van der Waals surface area contributed by atoms with Crippen LogP contribution < -0.4 is 5.32 Å². The second-order valence-corrected chi connectivity index (χ2v) is 4.28. The van der Waals surface area contributed by atoms with Gasteiger partial charge in [-0.15, -0.1) is 0 Å². The zero-order valence-corrected chi connectivity index (χ0v) is 9.79. The molecule has 0 aliphatic heterocycles. The van der Waals surface area contributed by atoms with E-state index in [1.807, 2.05) is 13.8 Å². The molecule has 0 rings (SSSR count). The largest absolute Gasteiger partial charge is 0.322 e. The number of hydrogen-bond acceptors (Lipinski definition) is 1. The van der Waals surface area contributed by atoms with Gasteiger partial charge in [0.15, 0.2) is 0 Å². The zero-order chi connectivity index (χ0) is 10.5. The average Bonchev–Trinajstić information content (AvgIpc) is 1.95. The average molecular weight is 256 g/mol. The highest BCUT2D eigenvalue weighted by Crippen LogP contribution is 2.30. The molecule has 0 saturated heterocycles. The number of rotatable bonds is 5. The van der Waals surface area contributed by atoms with Gasteiger partial charge in [0.25, 0.3) is 0 Å². The van der Waals surface area contributed by atoms with Gasteiger partial charge in [-0.05, 0) is 35.8 Å². The molecule has 0 aliphatic carbocycles. The molecular weight excluding hydrogens is 240 g/mol. The van der Waals surface area contributed by atoms with Crippen LogP contribution in [0, 0.1) is 0 Å². The first-order valence-corrected chi connectivity index (χ1v) is 5.10. The summed E-state index contributed by atoms with van der Waals surface area (Å²) in [5, 5.41) is 3.15. The van der Waals surface area contributed by atoms with Gasteiger partial charge in [-0.2, -0.15) is 8.78 Å². The van der Waals surface area contributed by atoms with Crippen molar-refractivity contribution in [3.63, 3.8) is 0 Å². The Morgan fingerprint density at radius 3 is 2.46 bits per heavy atom. The van der Waals surface area contributed by atoms with Gasteiger partial charge in [-0.3, -0.25) is 0 Å². The van der Waals surface area contributed by atoms with Crippen LogP contribution in [-0.4, -0.2) is 17.4 Å². The molecule has 0 radical (unpaired) electrons. The van der Waals surface area contributed by atoms with Crippen LogP contribution in [0.4, 0.5) is 8.78 Å². The first kappa shape index (κ1) is 13.0. The molecule has 0 heterocycles. The van der Waals surface area contributed by atoms with Crippen LogP contribution in [0.5, 0.6) is 0 Å². The summed E-state index contributed by atoms with van der Waals surface area (Å²) in [6, 6.07) is 0.401. The van der Waals surface area contributed by atoms with Gasteiger partial charge in [-0.25, -0.2) is 0 Å². The summed E-state index contributed by atoms with van der Waals surface area (Å²) in [6.45, 7) is 6.20. The van der Waals surface area contributed by atoms with E-state index in [1.54, 1.807) is 6.08 Å². The molecule has 78 valence electrons. The van der Waals surface area contributed by atoms with Crippen molar-refractivity contribution in [2.75, 3.05) is 6.54 Å². The Balaban J connectivity index is 3.73. The fourth-order valence-electron chi connectivity index (χ4n) is 0.776. The number of allylic oxidation sites excluding steroid dienone is 1. The fraction of sp³-hybridized carbons (Fsp3) is 0.778. The lowest BCUT2D eigenvalue weighted by Crippen LogP contribution is -2.23. The molecule has 1 N–H and O–H groups in total. The maximum absolute atomic E-state index is 12.5. The van der Waals surface area contributed by atoms with Gasteiger partial charge < -0.3 is 5.32 Å². The van der Waals surface area contributed by atoms with Crippen molar-refractivity contribution >= 4 is 15.9 Å². The van der Waals surface area contributed by atoms with E-state index >= 15 is 0 Å². The molecule has 0 bridgehead atoms. The number of halogens is 3. The maximum Gasteiger partial charge on any atom is 0.322 e. The molecule has 0 aliphatic rings. The topological polar surface area (TPSA) is 12.0 Å². The smallest absolute Gasteiger partial charge is 0.314 e. The van der Waals surface area contributed by atoms with E-state index < -0.39 is 4.83 Å². The molecule has 0 unspecified atom stereocenters. The molecule has 0 amide bonds. The SMILES string of the molecule is C/C(=C/CCNC(C)C)C(F)(F)Br. The normalized spacial score (nSPS) is 13.9. The second kappa shape index (κ2) is 5.70. The minimum absolute atomic E-state index is 0.0676. The third-order valence-corrected chi connectivity index (χ3v) is 2.22. The van der Waals surface area contributed by atoms with Gasteiger partial charge in [-0.1, -0.05) is 19.9 Å². The summed E-state index contributed by atoms with van der Waals surface area (Å²) in [5.41, 5.74) is 0.0676. The van der Waals surface area contributed by atoms with Crippen molar-refractivity contribution in [1.82, 2.24) is 5.32 Å². The Kier molecular flexibility index (Phi) is 5.72. The van der Waals surface area contributed by atoms with Gasteiger partial charge in [0.2, 0.25) is 0 Å². The standard InChI is InChI=1S/C9H16BrF2N/c1-7(2)13-6-4-5-8(3)9(10,11)12/h5,7,13H,4,6H2,1-3H3/b8-5-. The van der Waals surface area contributed by atoms with E-state index in [4.69, 9.17) is 0 Å². The summed E-state index contributed by atoms with van der Waals surface area (Å²) in [7, 11) is 0. The number of alkyl halides is 3. The number of nitrogens with one attached hydrogen (secondary N) is 1. The molecule has 0 aromatic rings. The van der Waals surface area contributed by atoms with Crippen molar-refractivity contribution in [2.45, 2.75) is 38.1 Å². The van der Waals surface area contributed by atoms with Crippen LogP contribution in [0.15, 0.2) is 11.6 Å². The summed E-state index contributed by atoms with van der Waals surface area (Å²) < 4.78 is 25.1. The Labute approximate surface area is 86.7 Å². The van der Waals surface area contributed by atoms with Crippen molar-refractivity contribution in [3.05, 3.63) is 11.6 Å². The lowest BCUT2D eigenvalue weighted by molar-refractivity contribution is 0.156. The number of hydrogen-bond donors (Lipinski definition) is 1. The van der Waals surface area contributed by atoms with Crippen molar-refractivity contribution in [3.8, 4) is 0 Å². The molecule has 0 aromatic carbocycles. The Morgan fingerprint density at radius 1 is 1.54 bits per heavy atom. The van der Waals surface area contributed by atoms with Crippen LogP contribution in [-0.2, 0) is 0 Å². The first-order chi connectivity index (χ1) is 5.84. The molecule has 0 fully saturated rings. The second-order valence-electron chi connectivity index (χ2n) is 3.28. The lowest BCUT2D eigenvalue weighted by Gasteiger charge is -2.09. The van der Waals surface area contributed by atoms with Gasteiger partial charge in [0, 0.05) is 11.6 Å². The van der Waals surface area contributed by atoms with Crippen LogP contribution in [0.25, 0.3) is 0 Å². The highest BCUT2D eigenvalue weighted by Gasteiger charge is 2.25. The van der Waals surface area contributed by atoms with Crippen LogP contribution in [0.1, 0.15) is 27.2 Å². The molecule has 0 spiro atoms. The fourth-order valence-corrected chi connectivity index (χ4v) is 0.938. The van der Waals surface area contributed by atoms with Crippen molar-refractivity contribution in [2.24, 2.45) is 0 Å². The Hall–Kier alpha value is 0.0400. The van der Waals surface area contributed by atoms with E-state index in [9.17, 15) is 8.78 Å². The third kappa shape index (κ3) is 7.14. The molecule has 13 heavy (non-hydrogen) atoms. The van der Waals surface area contributed by atoms with Crippen molar-refractivity contribution in [1.29, 1.82) is 0 Å². The van der Waals surface area contributed by atoms with Crippen LogP contribution in [0.2, 0.25) is 0 Å². The van der Waals surface area contributed by atoms with Crippen molar-refractivity contribution < 1.29 is 8.78 Å². The zero-order valence-electron chi connectivity index (χ0n) is 8.20. The Bertz CT molecular complexity index is 173. The summed E-state index contributed by atoms with van der Waals surface area (Å²) in [5.74, 6) is 0. The van der Waals surface area contributed by atoms with Crippen LogP contribution >= 0.6 is 15.9 Å². The molecule has 0 saturated carbocycles. The third-order valence-electron chi connectivity index (χ3n) is 1.59. The Morgan fingerprint density at radius 2 is 2.08 bits per heavy atom. The summed E-state index contributed by atoms with van der Waals surface area (Å²) >= 11 is 2.30. The predicted octanol–water partition coefficient (Wildman–Crippen LogP) is 3.31. The minimum atomic E-state index is -2.86. The molecule has 0 atom stereocenters. The minimum Gasteiger partial charge on any atom is -0.314 e. The van der Waals surface area contributed by atoms with E-state index in [-0.39, 0.29) is 5.57 Å². The van der Waals surface area contributed by atoms with E-state index in [2.05, 4.69) is 21.2 Å². The highest BCUT2D eigenvalue weighted by atomic mass is 79.9. The molecular formula is C9H16BrF2N.